The van der Waals surface area contributed by atoms with Crippen LogP contribution in [0.4, 0.5) is 5.69 Å². The van der Waals surface area contributed by atoms with Crippen molar-refractivity contribution in [2.75, 3.05) is 38.2 Å². The van der Waals surface area contributed by atoms with Crippen LogP contribution in [0.15, 0.2) is 18.2 Å². The van der Waals surface area contributed by atoms with Gasteiger partial charge in [-0.2, -0.15) is 0 Å². The largest absolute Gasteiger partial charge is 0.496 e. The Bertz CT molecular complexity index is 476. The van der Waals surface area contributed by atoms with Crippen LogP contribution in [0, 0.1) is 0 Å². The van der Waals surface area contributed by atoms with Crippen molar-refractivity contribution in [3.05, 3.63) is 23.8 Å². The quantitative estimate of drug-likeness (QED) is 0.916. The van der Waals surface area contributed by atoms with Crippen LogP contribution in [0.3, 0.4) is 0 Å². The number of anilines is 1. The van der Waals surface area contributed by atoms with Gasteiger partial charge in [0.2, 0.25) is 0 Å². The van der Waals surface area contributed by atoms with E-state index < -0.39 is 6.10 Å². The van der Waals surface area contributed by atoms with Crippen molar-refractivity contribution in [1.82, 2.24) is 4.90 Å². The van der Waals surface area contributed by atoms with Gasteiger partial charge in [0.25, 0.3) is 0 Å². The summed E-state index contributed by atoms with van der Waals surface area (Å²) < 4.78 is 5.43. The Kier molecular flexibility index (Phi) is 3.85. The van der Waals surface area contributed by atoms with E-state index >= 15 is 0 Å². The molecule has 2 heterocycles. The first-order valence-electron chi connectivity index (χ1n) is 7.54. The van der Waals surface area contributed by atoms with Gasteiger partial charge < -0.3 is 14.7 Å². The van der Waals surface area contributed by atoms with E-state index in [-0.39, 0.29) is 0 Å². The lowest BCUT2D eigenvalue weighted by atomic mass is 10.0. The normalized spacial score (nSPS) is 24.6. The molecule has 0 amide bonds. The fourth-order valence-electron chi connectivity index (χ4n) is 3.62. The summed E-state index contributed by atoms with van der Waals surface area (Å²) in [4.78, 5) is 5.01. The van der Waals surface area contributed by atoms with E-state index in [0.29, 0.717) is 6.04 Å². The Balaban J connectivity index is 1.89. The molecule has 4 nitrogen and oxygen atoms in total. The van der Waals surface area contributed by atoms with Crippen molar-refractivity contribution in [1.29, 1.82) is 0 Å². The number of benzene rings is 1. The lowest BCUT2D eigenvalue weighted by molar-refractivity contribution is 0.193. The second-order valence-electron chi connectivity index (χ2n) is 5.85. The summed E-state index contributed by atoms with van der Waals surface area (Å²) in [5, 5.41) is 10.1. The van der Waals surface area contributed by atoms with Crippen LogP contribution in [0.1, 0.15) is 31.4 Å². The van der Waals surface area contributed by atoms with Crippen molar-refractivity contribution < 1.29 is 9.84 Å². The first kappa shape index (κ1) is 13.7. The summed E-state index contributed by atoms with van der Waals surface area (Å²) in [7, 11) is 1.67. The summed E-state index contributed by atoms with van der Waals surface area (Å²) in [6, 6.07) is 6.73. The minimum atomic E-state index is -0.511. The third kappa shape index (κ3) is 2.38. The van der Waals surface area contributed by atoms with Crippen LogP contribution >= 0.6 is 0 Å². The van der Waals surface area contributed by atoms with E-state index in [4.69, 9.17) is 4.74 Å². The molecule has 1 aromatic carbocycles. The number of piperazine rings is 1. The van der Waals surface area contributed by atoms with Crippen LogP contribution < -0.4 is 9.64 Å². The standard InChI is InChI=1S/C16H24N2O2/c1-12(19)16-14(6-3-7-15(16)20-2)18-10-9-17-8-4-5-13(17)11-18/h3,6-7,12-13,19H,4-5,8-11H2,1-2H3/t12-,13?/m1/s1. The van der Waals surface area contributed by atoms with Gasteiger partial charge in [0.15, 0.2) is 0 Å². The van der Waals surface area contributed by atoms with Crippen LogP contribution in [0.25, 0.3) is 0 Å². The minimum Gasteiger partial charge on any atom is -0.496 e. The van der Waals surface area contributed by atoms with E-state index in [1.165, 1.54) is 19.4 Å². The molecule has 2 aliphatic heterocycles. The molecule has 1 aromatic rings. The van der Waals surface area contributed by atoms with E-state index in [2.05, 4.69) is 15.9 Å². The first-order valence-corrected chi connectivity index (χ1v) is 7.54. The molecule has 3 rings (SSSR count). The SMILES string of the molecule is COc1cccc(N2CCN3CCCC3C2)c1[C@@H](C)O. The van der Waals surface area contributed by atoms with Crippen LogP contribution in [0.2, 0.25) is 0 Å². The number of methoxy groups -OCH3 is 1. The van der Waals surface area contributed by atoms with Gasteiger partial charge >= 0.3 is 0 Å². The molecule has 0 radical (unpaired) electrons. The topological polar surface area (TPSA) is 35.9 Å². The highest BCUT2D eigenvalue weighted by molar-refractivity contribution is 5.60. The van der Waals surface area contributed by atoms with Crippen molar-refractivity contribution in [3.8, 4) is 5.75 Å². The Labute approximate surface area is 120 Å². The second kappa shape index (κ2) is 5.62. The smallest absolute Gasteiger partial charge is 0.126 e. The van der Waals surface area contributed by atoms with Gasteiger partial charge in [0.1, 0.15) is 5.75 Å². The zero-order valence-electron chi connectivity index (χ0n) is 12.4. The number of nitrogens with zero attached hydrogens (tertiary/aromatic N) is 2. The third-order valence-electron chi connectivity index (χ3n) is 4.61. The molecule has 1 unspecified atom stereocenters. The van der Waals surface area contributed by atoms with Crippen molar-refractivity contribution in [3.63, 3.8) is 0 Å². The molecule has 0 aromatic heterocycles. The summed E-state index contributed by atoms with van der Waals surface area (Å²) in [6.45, 7) is 6.28. The van der Waals surface area contributed by atoms with E-state index in [1.54, 1.807) is 7.11 Å². The maximum Gasteiger partial charge on any atom is 0.126 e. The number of hydrogen-bond donors (Lipinski definition) is 1. The lowest BCUT2D eigenvalue weighted by Gasteiger charge is -2.40. The van der Waals surface area contributed by atoms with Gasteiger partial charge in [-0.3, -0.25) is 4.90 Å². The summed E-state index contributed by atoms with van der Waals surface area (Å²) >= 11 is 0. The summed E-state index contributed by atoms with van der Waals surface area (Å²) in [5.41, 5.74) is 2.05. The molecule has 2 atom stereocenters. The zero-order chi connectivity index (χ0) is 14.1. The van der Waals surface area contributed by atoms with E-state index in [0.717, 1.165) is 36.6 Å². The molecule has 0 saturated carbocycles. The first-order chi connectivity index (χ1) is 9.70. The zero-order valence-corrected chi connectivity index (χ0v) is 12.4. The minimum absolute atomic E-state index is 0.511. The molecule has 4 heteroatoms. The van der Waals surface area contributed by atoms with Gasteiger partial charge in [-0.15, -0.1) is 0 Å². The van der Waals surface area contributed by atoms with E-state index in [1.807, 2.05) is 19.1 Å². The number of aliphatic hydroxyl groups is 1. The van der Waals surface area contributed by atoms with Crippen molar-refractivity contribution in [2.24, 2.45) is 0 Å². The van der Waals surface area contributed by atoms with Gasteiger partial charge in [-0.05, 0) is 38.4 Å². The maximum atomic E-state index is 10.1. The maximum absolute atomic E-state index is 10.1. The third-order valence-corrected chi connectivity index (χ3v) is 4.61. The predicted octanol–water partition coefficient (Wildman–Crippen LogP) is 2.03. The van der Waals surface area contributed by atoms with Gasteiger partial charge in [-0.1, -0.05) is 6.07 Å². The van der Waals surface area contributed by atoms with Crippen molar-refractivity contribution in [2.45, 2.75) is 31.9 Å². The molecule has 110 valence electrons. The van der Waals surface area contributed by atoms with Gasteiger partial charge in [-0.25, -0.2) is 0 Å². The molecule has 0 bridgehead atoms. The van der Waals surface area contributed by atoms with Crippen LogP contribution in [-0.4, -0.2) is 49.3 Å². The molecule has 1 N–H and O–H groups in total. The lowest BCUT2D eigenvalue weighted by Crippen LogP contribution is -2.50. The highest BCUT2D eigenvalue weighted by Gasteiger charge is 2.32. The predicted molar refractivity (Wildman–Crippen MR) is 80.4 cm³/mol. The number of rotatable bonds is 3. The number of ether oxygens (including phenoxy) is 1. The highest BCUT2D eigenvalue weighted by atomic mass is 16.5. The van der Waals surface area contributed by atoms with Crippen LogP contribution in [-0.2, 0) is 0 Å². The highest BCUT2D eigenvalue weighted by Crippen LogP contribution is 2.36. The molecular formula is C16H24N2O2. The van der Waals surface area contributed by atoms with Gasteiger partial charge in [0.05, 0.1) is 13.2 Å². The molecule has 2 fully saturated rings. The average Bonchev–Trinajstić information content (AvgIpc) is 2.93. The summed E-state index contributed by atoms with van der Waals surface area (Å²) in [5.74, 6) is 0.784. The fourth-order valence-corrected chi connectivity index (χ4v) is 3.62. The number of hydrogen-bond acceptors (Lipinski definition) is 4. The Hall–Kier alpha value is -1.26. The molecular weight excluding hydrogens is 252 g/mol. The van der Waals surface area contributed by atoms with Gasteiger partial charge in [0, 0.05) is 36.9 Å². The molecule has 2 saturated heterocycles. The van der Waals surface area contributed by atoms with Crippen LogP contribution in [0.5, 0.6) is 5.75 Å². The number of fused-ring (bicyclic) bond motifs is 1. The summed E-state index contributed by atoms with van der Waals surface area (Å²) in [6.07, 6.45) is 2.10. The number of aliphatic hydroxyl groups excluding tert-OH is 1. The molecule has 20 heavy (non-hydrogen) atoms. The van der Waals surface area contributed by atoms with Crippen molar-refractivity contribution >= 4 is 5.69 Å². The van der Waals surface area contributed by atoms with E-state index in [9.17, 15) is 5.11 Å². The molecule has 0 spiro atoms. The molecule has 0 aliphatic carbocycles. The average molecular weight is 276 g/mol. The monoisotopic (exact) mass is 276 g/mol. The Morgan fingerprint density at radius 3 is 2.90 bits per heavy atom. The Morgan fingerprint density at radius 2 is 2.15 bits per heavy atom. The fraction of sp³-hybridized carbons (Fsp3) is 0.625. The molecule has 2 aliphatic rings. The second-order valence-corrected chi connectivity index (χ2v) is 5.85. The Morgan fingerprint density at radius 1 is 1.30 bits per heavy atom.